The Bertz CT molecular complexity index is 647. The lowest BCUT2D eigenvalue weighted by atomic mass is 10.0. The minimum atomic E-state index is 1.13. The van der Waals surface area contributed by atoms with Gasteiger partial charge in [0, 0.05) is 45.0 Å². The summed E-state index contributed by atoms with van der Waals surface area (Å²) in [5.74, 6) is 0. The second-order valence-corrected chi connectivity index (χ2v) is 4.64. The van der Waals surface area contributed by atoms with E-state index >= 15 is 0 Å². The molecule has 0 aliphatic carbocycles. The van der Waals surface area contributed by atoms with Crippen LogP contribution in [0.15, 0.2) is 30.6 Å². The standard InChI is InChI=1S/C13H15N3.C2H3N.C2H6.C2H2/c1-15-6-5-11-7-10(3-4-13(11)15)12-8-14-16(2)9-12;1-2-3;2*1-2/h3-4,7-9H,5-6H2,1-2H3;1H3;1-2H3;1-2H. The van der Waals surface area contributed by atoms with Gasteiger partial charge in [0.25, 0.3) is 0 Å². The lowest BCUT2D eigenvalue weighted by Gasteiger charge is -2.11. The van der Waals surface area contributed by atoms with Gasteiger partial charge in [-0.2, -0.15) is 10.4 Å². The van der Waals surface area contributed by atoms with E-state index in [1.807, 2.05) is 31.8 Å². The van der Waals surface area contributed by atoms with E-state index in [1.54, 1.807) is 6.07 Å². The van der Waals surface area contributed by atoms with Crippen LogP contribution in [0.5, 0.6) is 0 Å². The molecule has 4 nitrogen and oxygen atoms in total. The van der Waals surface area contributed by atoms with Gasteiger partial charge in [0.15, 0.2) is 0 Å². The molecular formula is C19H26N4. The maximum absolute atomic E-state index is 7.32. The Morgan fingerprint density at radius 3 is 2.30 bits per heavy atom. The fourth-order valence-corrected chi connectivity index (χ4v) is 2.32. The quantitative estimate of drug-likeness (QED) is 0.751. The third kappa shape index (κ3) is 5.52. The Morgan fingerprint density at radius 1 is 1.17 bits per heavy atom. The number of terminal acetylenes is 1. The molecule has 1 aromatic heterocycles. The predicted octanol–water partition coefficient (Wildman–Crippen LogP) is 3.88. The molecule has 23 heavy (non-hydrogen) atoms. The summed E-state index contributed by atoms with van der Waals surface area (Å²) in [6, 6.07) is 8.43. The van der Waals surface area contributed by atoms with Crippen LogP contribution in [0, 0.1) is 24.2 Å². The molecule has 0 saturated carbocycles. The van der Waals surface area contributed by atoms with Gasteiger partial charge in [0.05, 0.1) is 12.3 Å². The van der Waals surface area contributed by atoms with Crippen molar-refractivity contribution in [2.24, 2.45) is 7.05 Å². The largest absolute Gasteiger partial charge is 0.374 e. The highest BCUT2D eigenvalue weighted by Gasteiger charge is 2.15. The molecule has 0 spiro atoms. The normalized spacial score (nSPS) is 10.6. The van der Waals surface area contributed by atoms with Crippen molar-refractivity contribution in [3.63, 3.8) is 0 Å². The van der Waals surface area contributed by atoms with Crippen molar-refractivity contribution >= 4 is 5.69 Å². The molecule has 0 saturated heterocycles. The van der Waals surface area contributed by atoms with E-state index in [0.29, 0.717) is 0 Å². The van der Waals surface area contributed by atoms with Gasteiger partial charge >= 0.3 is 0 Å². The molecule has 2 heterocycles. The molecule has 1 aliphatic rings. The molecule has 0 fully saturated rings. The van der Waals surface area contributed by atoms with E-state index in [9.17, 15) is 0 Å². The second-order valence-electron chi connectivity index (χ2n) is 4.64. The predicted molar refractivity (Wildman–Crippen MR) is 98.1 cm³/mol. The van der Waals surface area contributed by atoms with Crippen molar-refractivity contribution in [1.29, 1.82) is 5.26 Å². The van der Waals surface area contributed by atoms with Crippen molar-refractivity contribution in [3.8, 4) is 30.0 Å². The van der Waals surface area contributed by atoms with Gasteiger partial charge in [-0.05, 0) is 29.7 Å². The maximum Gasteiger partial charge on any atom is 0.0587 e. The first kappa shape index (κ1) is 20.3. The van der Waals surface area contributed by atoms with Gasteiger partial charge in [-0.15, -0.1) is 12.8 Å². The van der Waals surface area contributed by atoms with Gasteiger partial charge in [-0.1, -0.05) is 19.9 Å². The SMILES string of the molecule is C#C.CC.CC#N.CN1CCc2cc(-c3cnn(C)c3)ccc21. The number of aryl methyl sites for hydroxylation is 1. The van der Waals surface area contributed by atoms with E-state index in [1.165, 1.54) is 29.3 Å². The van der Waals surface area contributed by atoms with E-state index in [2.05, 4.69) is 54.3 Å². The van der Waals surface area contributed by atoms with E-state index in [-0.39, 0.29) is 0 Å². The molecule has 4 heteroatoms. The van der Waals surface area contributed by atoms with Gasteiger partial charge in [0.1, 0.15) is 0 Å². The van der Waals surface area contributed by atoms with Crippen LogP contribution < -0.4 is 4.90 Å². The van der Waals surface area contributed by atoms with Crippen LogP contribution >= 0.6 is 0 Å². The molecule has 3 rings (SSSR count). The monoisotopic (exact) mass is 310 g/mol. The average molecular weight is 310 g/mol. The zero-order valence-electron chi connectivity index (χ0n) is 14.7. The lowest BCUT2D eigenvalue weighted by Crippen LogP contribution is -2.12. The van der Waals surface area contributed by atoms with Gasteiger partial charge in [-0.3, -0.25) is 4.68 Å². The molecule has 1 aliphatic heterocycles. The molecule has 0 atom stereocenters. The third-order valence-corrected chi connectivity index (χ3v) is 3.25. The highest BCUT2D eigenvalue weighted by atomic mass is 15.2. The number of fused-ring (bicyclic) bond motifs is 1. The summed E-state index contributed by atoms with van der Waals surface area (Å²) >= 11 is 0. The minimum Gasteiger partial charge on any atom is -0.374 e. The molecule has 0 amide bonds. The van der Waals surface area contributed by atoms with Gasteiger partial charge in [-0.25, -0.2) is 0 Å². The van der Waals surface area contributed by atoms with Crippen LogP contribution in [0.4, 0.5) is 5.69 Å². The van der Waals surface area contributed by atoms with Crippen molar-refractivity contribution in [1.82, 2.24) is 9.78 Å². The first-order valence-corrected chi connectivity index (χ1v) is 7.63. The summed E-state index contributed by atoms with van der Waals surface area (Å²) in [6.45, 7) is 6.56. The first-order valence-electron chi connectivity index (χ1n) is 7.63. The first-order chi connectivity index (χ1) is 11.2. The Balaban J connectivity index is 0.000000609. The molecule has 0 bridgehead atoms. The summed E-state index contributed by atoms with van der Waals surface area (Å²) in [4.78, 5) is 2.31. The summed E-state index contributed by atoms with van der Waals surface area (Å²) in [7, 11) is 4.10. The number of benzene rings is 1. The van der Waals surface area contributed by atoms with Crippen LogP contribution in [-0.2, 0) is 13.5 Å². The number of rotatable bonds is 1. The summed E-state index contributed by atoms with van der Waals surface area (Å²) in [6.07, 6.45) is 13.1. The van der Waals surface area contributed by atoms with Crippen molar-refractivity contribution in [3.05, 3.63) is 36.2 Å². The van der Waals surface area contributed by atoms with Crippen LogP contribution in [0.25, 0.3) is 11.1 Å². The zero-order chi connectivity index (χ0) is 17.8. The summed E-state index contributed by atoms with van der Waals surface area (Å²) < 4.78 is 1.84. The smallest absolute Gasteiger partial charge is 0.0587 e. The highest BCUT2D eigenvalue weighted by molar-refractivity contribution is 5.69. The summed E-state index contributed by atoms with van der Waals surface area (Å²) in [5.41, 5.74) is 5.28. The Labute approximate surface area is 140 Å². The minimum absolute atomic E-state index is 1.13. The van der Waals surface area contributed by atoms with E-state index in [0.717, 1.165) is 13.0 Å². The molecule has 0 radical (unpaired) electrons. The highest BCUT2D eigenvalue weighted by Crippen LogP contribution is 2.30. The Kier molecular flexibility index (Phi) is 9.64. The van der Waals surface area contributed by atoms with Crippen LogP contribution in [0.1, 0.15) is 26.3 Å². The van der Waals surface area contributed by atoms with Crippen LogP contribution in [-0.4, -0.2) is 23.4 Å². The number of anilines is 1. The molecule has 2 aromatic rings. The lowest BCUT2D eigenvalue weighted by molar-refractivity contribution is 0.768. The van der Waals surface area contributed by atoms with Gasteiger partial charge in [0.2, 0.25) is 0 Å². The van der Waals surface area contributed by atoms with Crippen LogP contribution in [0.3, 0.4) is 0 Å². The molecule has 0 unspecified atom stereocenters. The average Bonchev–Trinajstić information content (AvgIpc) is 3.18. The van der Waals surface area contributed by atoms with Gasteiger partial charge < -0.3 is 4.90 Å². The summed E-state index contributed by atoms with van der Waals surface area (Å²) in [5, 5.41) is 11.5. The molecule has 0 N–H and O–H groups in total. The Hall–Kier alpha value is -2.72. The fraction of sp³-hybridized carbons (Fsp3) is 0.368. The van der Waals surface area contributed by atoms with Crippen LogP contribution in [0.2, 0.25) is 0 Å². The molecular weight excluding hydrogens is 284 g/mol. The zero-order valence-corrected chi connectivity index (χ0v) is 14.7. The number of hydrogen-bond donors (Lipinski definition) is 0. The molecule has 1 aromatic carbocycles. The fourth-order valence-electron chi connectivity index (χ4n) is 2.32. The number of likely N-dealkylation sites (N-methyl/N-ethyl adjacent to an activating group) is 1. The number of hydrogen-bond acceptors (Lipinski definition) is 3. The second kappa shape index (κ2) is 10.9. The van der Waals surface area contributed by atoms with Crippen molar-refractivity contribution in [2.75, 3.05) is 18.5 Å². The molecule has 122 valence electrons. The maximum atomic E-state index is 7.32. The Morgan fingerprint density at radius 2 is 1.78 bits per heavy atom. The topological polar surface area (TPSA) is 44.9 Å². The van der Waals surface area contributed by atoms with Crippen molar-refractivity contribution < 1.29 is 0 Å². The number of aromatic nitrogens is 2. The van der Waals surface area contributed by atoms with E-state index in [4.69, 9.17) is 5.26 Å². The number of nitrogens with zero attached hydrogens (tertiary/aromatic N) is 4. The van der Waals surface area contributed by atoms with Crippen molar-refractivity contribution in [2.45, 2.75) is 27.2 Å². The third-order valence-electron chi connectivity index (χ3n) is 3.25. The number of nitriles is 1. The van der Waals surface area contributed by atoms with E-state index < -0.39 is 0 Å².